The van der Waals surface area contributed by atoms with Crippen molar-refractivity contribution in [2.75, 3.05) is 6.54 Å². The minimum absolute atomic E-state index is 0.123. The molecule has 0 radical (unpaired) electrons. The largest absolute Gasteiger partial charge is 0.387 e. The van der Waals surface area contributed by atoms with E-state index < -0.39 is 6.10 Å². The molecule has 0 aliphatic carbocycles. The van der Waals surface area contributed by atoms with Crippen LogP contribution in [-0.4, -0.2) is 27.5 Å². The molecule has 2 heterocycles. The number of aryl methyl sites for hydroxylation is 3. The fourth-order valence-corrected chi connectivity index (χ4v) is 2.82. The molecule has 0 aliphatic rings. The Kier molecular flexibility index (Phi) is 4.76. The average Bonchev–Trinajstić information content (AvgIpc) is 2.63. The molecule has 0 saturated heterocycles. The van der Waals surface area contributed by atoms with Crippen LogP contribution in [0.4, 0.5) is 0 Å². The van der Waals surface area contributed by atoms with E-state index in [2.05, 4.69) is 15.3 Å². The van der Waals surface area contributed by atoms with Gasteiger partial charge in [0.1, 0.15) is 0 Å². The lowest BCUT2D eigenvalue weighted by molar-refractivity contribution is 0.0917. The molecule has 5 heteroatoms. The SMILES string of the molecule is Cc1cc(C(=O)NCC(O)c2cccnc2)c2ccc(C)c(C)c2n1. The molecule has 0 fully saturated rings. The van der Waals surface area contributed by atoms with Crippen molar-refractivity contribution < 1.29 is 9.90 Å². The second-order valence-corrected chi connectivity index (χ2v) is 6.23. The molecule has 128 valence electrons. The molecule has 5 nitrogen and oxygen atoms in total. The predicted molar refractivity (Wildman–Crippen MR) is 97.5 cm³/mol. The number of rotatable bonds is 4. The molecule has 3 aromatic rings. The van der Waals surface area contributed by atoms with Crippen molar-refractivity contribution in [1.82, 2.24) is 15.3 Å². The summed E-state index contributed by atoms with van der Waals surface area (Å²) < 4.78 is 0. The van der Waals surface area contributed by atoms with Crippen LogP contribution in [0, 0.1) is 20.8 Å². The molecule has 0 bridgehead atoms. The Balaban J connectivity index is 1.86. The maximum atomic E-state index is 12.7. The summed E-state index contributed by atoms with van der Waals surface area (Å²) in [7, 11) is 0. The highest BCUT2D eigenvalue weighted by Crippen LogP contribution is 2.24. The van der Waals surface area contributed by atoms with E-state index in [1.807, 2.05) is 32.9 Å². The van der Waals surface area contributed by atoms with Gasteiger partial charge >= 0.3 is 0 Å². The first kappa shape index (κ1) is 17.0. The number of hydrogen-bond donors (Lipinski definition) is 2. The van der Waals surface area contributed by atoms with Crippen LogP contribution in [0.3, 0.4) is 0 Å². The number of benzene rings is 1. The summed E-state index contributed by atoms with van der Waals surface area (Å²) in [6, 6.07) is 9.24. The lowest BCUT2D eigenvalue weighted by Gasteiger charge is -2.14. The maximum absolute atomic E-state index is 12.7. The lowest BCUT2D eigenvalue weighted by Crippen LogP contribution is -2.28. The van der Waals surface area contributed by atoms with Crippen molar-refractivity contribution in [2.45, 2.75) is 26.9 Å². The number of aliphatic hydroxyl groups is 1. The fraction of sp³-hybridized carbons (Fsp3) is 0.250. The molecular weight excluding hydrogens is 314 g/mol. The second-order valence-electron chi connectivity index (χ2n) is 6.23. The Hall–Kier alpha value is -2.79. The summed E-state index contributed by atoms with van der Waals surface area (Å²) in [5.74, 6) is -0.221. The summed E-state index contributed by atoms with van der Waals surface area (Å²) in [4.78, 5) is 21.2. The number of carbonyl (C=O) groups excluding carboxylic acids is 1. The number of amides is 1. The van der Waals surface area contributed by atoms with Crippen molar-refractivity contribution >= 4 is 16.8 Å². The van der Waals surface area contributed by atoms with Gasteiger partial charge in [-0.1, -0.05) is 18.2 Å². The third kappa shape index (κ3) is 3.51. The van der Waals surface area contributed by atoms with E-state index in [1.54, 1.807) is 30.6 Å². The Bertz CT molecular complexity index is 923. The monoisotopic (exact) mass is 335 g/mol. The molecule has 0 saturated carbocycles. The first-order chi connectivity index (χ1) is 12.0. The molecule has 2 N–H and O–H groups in total. The Labute approximate surface area is 146 Å². The van der Waals surface area contributed by atoms with Gasteiger partial charge in [-0.05, 0) is 44.0 Å². The number of hydrogen-bond acceptors (Lipinski definition) is 4. The second kappa shape index (κ2) is 6.99. The Morgan fingerprint density at radius 2 is 2.04 bits per heavy atom. The minimum atomic E-state index is -0.796. The van der Waals surface area contributed by atoms with Crippen molar-refractivity contribution in [1.29, 1.82) is 0 Å². The first-order valence-electron chi connectivity index (χ1n) is 8.21. The van der Waals surface area contributed by atoms with E-state index in [0.29, 0.717) is 11.1 Å². The summed E-state index contributed by atoms with van der Waals surface area (Å²) in [6.45, 7) is 6.04. The number of aromatic nitrogens is 2. The molecule has 1 amide bonds. The number of aliphatic hydroxyl groups excluding tert-OH is 1. The summed E-state index contributed by atoms with van der Waals surface area (Å²) in [6.07, 6.45) is 2.44. The topological polar surface area (TPSA) is 75.1 Å². The van der Waals surface area contributed by atoms with Gasteiger partial charge in [0.25, 0.3) is 5.91 Å². The number of carbonyl (C=O) groups is 1. The van der Waals surface area contributed by atoms with Crippen LogP contribution in [0.15, 0.2) is 42.7 Å². The van der Waals surface area contributed by atoms with E-state index >= 15 is 0 Å². The Morgan fingerprint density at radius 3 is 2.76 bits per heavy atom. The molecule has 1 unspecified atom stereocenters. The van der Waals surface area contributed by atoms with Crippen LogP contribution in [0.25, 0.3) is 10.9 Å². The summed E-state index contributed by atoms with van der Waals surface area (Å²) in [5.41, 5.74) is 5.10. The number of fused-ring (bicyclic) bond motifs is 1. The van der Waals surface area contributed by atoms with Gasteiger partial charge in [-0.15, -0.1) is 0 Å². The number of pyridine rings is 2. The van der Waals surface area contributed by atoms with Crippen molar-refractivity contribution in [3.63, 3.8) is 0 Å². The molecular formula is C20H21N3O2. The van der Waals surface area contributed by atoms with Crippen LogP contribution in [0.1, 0.15) is 38.8 Å². The van der Waals surface area contributed by atoms with Crippen LogP contribution in [-0.2, 0) is 0 Å². The van der Waals surface area contributed by atoms with Gasteiger partial charge in [-0.2, -0.15) is 0 Å². The zero-order valence-corrected chi connectivity index (χ0v) is 14.6. The lowest BCUT2D eigenvalue weighted by atomic mass is 10.0. The summed E-state index contributed by atoms with van der Waals surface area (Å²) in [5, 5.41) is 13.8. The van der Waals surface area contributed by atoms with Crippen molar-refractivity contribution in [2.24, 2.45) is 0 Å². The van der Waals surface area contributed by atoms with Gasteiger partial charge in [-0.25, -0.2) is 0 Å². The van der Waals surface area contributed by atoms with Gasteiger partial charge in [0.05, 0.1) is 17.2 Å². The highest BCUT2D eigenvalue weighted by molar-refractivity contribution is 6.07. The van der Waals surface area contributed by atoms with Gasteiger partial charge in [-0.3, -0.25) is 14.8 Å². The van der Waals surface area contributed by atoms with E-state index in [-0.39, 0.29) is 12.5 Å². The van der Waals surface area contributed by atoms with Gasteiger partial charge < -0.3 is 10.4 Å². The Morgan fingerprint density at radius 1 is 1.24 bits per heavy atom. The molecule has 1 aromatic carbocycles. The van der Waals surface area contributed by atoms with Crippen LogP contribution >= 0.6 is 0 Å². The zero-order valence-electron chi connectivity index (χ0n) is 14.6. The minimum Gasteiger partial charge on any atom is -0.387 e. The molecule has 25 heavy (non-hydrogen) atoms. The quantitative estimate of drug-likeness (QED) is 0.768. The average molecular weight is 335 g/mol. The highest BCUT2D eigenvalue weighted by Gasteiger charge is 2.15. The van der Waals surface area contributed by atoms with E-state index in [1.165, 1.54) is 0 Å². The number of nitrogens with one attached hydrogen (secondary N) is 1. The van der Waals surface area contributed by atoms with Crippen molar-refractivity contribution in [3.8, 4) is 0 Å². The predicted octanol–water partition coefficient (Wildman–Crippen LogP) is 3.02. The molecule has 1 atom stereocenters. The van der Waals surface area contributed by atoms with Gasteiger partial charge in [0, 0.05) is 35.6 Å². The molecule has 3 rings (SSSR count). The van der Waals surface area contributed by atoms with E-state index in [4.69, 9.17) is 0 Å². The number of nitrogens with zero attached hydrogens (tertiary/aromatic N) is 2. The third-order valence-corrected chi connectivity index (χ3v) is 4.40. The third-order valence-electron chi connectivity index (χ3n) is 4.40. The van der Waals surface area contributed by atoms with E-state index in [0.717, 1.165) is 27.7 Å². The highest BCUT2D eigenvalue weighted by atomic mass is 16.3. The summed E-state index contributed by atoms with van der Waals surface area (Å²) >= 11 is 0. The van der Waals surface area contributed by atoms with Gasteiger partial charge in [0.15, 0.2) is 0 Å². The van der Waals surface area contributed by atoms with Crippen LogP contribution < -0.4 is 5.32 Å². The van der Waals surface area contributed by atoms with E-state index in [9.17, 15) is 9.90 Å². The first-order valence-corrected chi connectivity index (χ1v) is 8.21. The van der Waals surface area contributed by atoms with Gasteiger partial charge in [0.2, 0.25) is 0 Å². The standard InChI is InChI=1S/C20H21N3O2/c1-12-6-7-16-17(9-13(2)23-19(16)14(12)3)20(25)22-11-18(24)15-5-4-8-21-10-15/h4-10,18,24H,11H2,1-3H3,(H,22,25). The molecule has 2 aromatic heterocycles. The molecule has 0 spiro atoms. The maximum Gasteiger partial charge on any atom is 0.252 e. The fourth-order valence-electron chi connectivity index (χ4n) is 2.82. The van der Waals surface area contributed by atoms with Crippen LogP contribution in [0.2, 0.25) is 0 Å². The van der Waals surface area contributed by atoms with Crippen LogP contribution in [0.5, 0.6) is 0 Å². The molecule has 0 aliphatic heterocycles. The van der Waals surface area contributed by atoms with Crippen molar-refractivity contribution in [3.05, 3.63) is 70.7 Å². The zero-order chi connectivity index (χ0) is 18.0. The smallest absolute Gasteiger partial charge is 0.252 e. The normalized spacial score (nSPS) is 12.2.